The average molecular weight is 275 g/mol. The highest BCUT2D eigenvalue weighted by Gasteiger charge is 2.14. The van der Waals surface area contributed by atoms with Crippen LogP contribution in [0.3, 0.4) is 0 Å². The van der Waals surface area contributed by atoms with Gasteiger partial charge in [0.25, 0.3) is 0 Å². The molecule has 104 valence electrons. The molecule has 2 N–H and O–H groups in total. The van der Waals surface area contributed by atoms with E-state index in [1.54, 1.807) is 18.9 Å². The average Bonchev–Trinajstić information content (AvgIpc) is 2.84. The fourth-order valence-electron chi connectivity index (χ4n) is 1.30. The highest BCUT2D eigenvalue weighted by Crippen LogP contribution is 2.14. The molecule has 0 saturated heterocycles. The maximum absolute atomic E-state index is 5.93. The summed E-state index contributed by atoms with van der Waals surface area (Å²) in [6, 6.07) is -0.173. The molecule has 0 amide bonds. The lowest BCUT2D eigenvalue weighted by Crippen LogP contribution is -2.12. The topological polar surface area (TPSA) is 83.4 Å². The first-order valence-electron chi connectivity index (χ1n) is 5.91. The number of thioether (sulfide) groups is 1. The minimum Gasteiger partial charge on any atom is -0.382 e. The van der Waals surface area contributed by atoms with Crippen molar-refractivity contribution in [1.82, 2.24) is 10.1 Å². The number of ether oxygens (including phenoxy) is 2. The van der Waals surface area contributed by atoms with E-state index in [1.807, 2.05) is 6.26 Å². The number of rotatable bonds is 10. The highest BCUT2D eigenvalue weighted by atomic mass is 32.2. The van der Waals surface area contributed by atoms with Crippen LogP contribution in [0.4, 0.5) is 0 Å². The number of hydrogen-bond acceptors (Lipinski definition) is 7. The normalized spacial score (nSPS) is 12.8. The summed E-state index contributed by atoms with van der Waals surface area (Å²) in [6.45, 7) is 1.73. The Balaban J connectivity index is 2.25. The Kier molecular flexibility index (Phi) is 7.99. The molecule has 1 heterocycles. The third-order valence-electron chi connectivity index (χ3n) is 2.34. The molecule has 0 radical (unpaired) electrons. The minimum atomic E-state index is -0.173. The zero-order valence-corrected chi connectivity index (χ0v) is 11.7. The fraction of sp³-hybridized carbons (Fsp3) is 0.818. The van der Waals surface area contributed by atoms with Gasteiger partial charge in [0, 0.05) is 13.5 Å². The van der Waals surface area contributed by atoms with Gasteiger partial charge in [0.2, 0.25) is 5.89 Å². The van der Waals surface area contributed by atoms with Gasteiger partial charge in [0.1, 0.15) is 0 Å². The smallest absolute Gasteiger partial charge is 0.243 e. The molecule has 0 bridgehead atoms. The van der Waals surface area contributed by atoms with Gasteiger partial charge >= 0.3 is 0 Å². The van der Waals surface area contributed by atoms with Crippen molar-refractivity contribution in [2.75, 3.05) is 38.9 Å². The summed E-state index contributed by atoms with van der Waals surface area (Å²) in [5.41, 5.74) is 5.93. The zero-order chi connectivity index (χ0) is 13.2. The first-order chi connectivity index (χ1) is 8.77. The molecule has 1 unspecified atom stereocenters. The van der Waals surface area contributed by atoms with Crippen LogP contribution in [0.1, 0.15) is 24.2 Å². The second-order valence-corrected chi connectivity index (χ2v) is 4.78. The van der Waals surface area contributed by atoms with E-state index in [0.29, 0.717) is 38.0 Å². The van der Waals surface area contributed by atoms with E-state index in [2.05, 4.69) is 10.1 Å². The monoisotopic (exact) mass is 275 g/mol. The van der Waals surface area contributed by atoms with Crippen LogP contribution >= 0.6 is 11.8 Å². The minimum absolute atomic E-state index is 0.173. The number of nitrogens with zero attached hydrogens (tertiary/aromatic N) is 2. The second-order valence-electron chi connectivity index (χ2n) is 3.79. The Bertz CT molecular complexity index is 322. The molecule has 1 rings (SSSR count). The van der Waals surface area contributed by atoms with Crippen LogP contribution in [-0.4, -0.2) is 49.1 Å². The van der Waals surface area contributed by atoms with E-state index >= 15 is 0 Å². The van der Waals surface area contributed by atoms with Crippen molar-refractivity contribution in [2.45, 2.75) is 18.9 Å². The van der Waals surface area contributed by atoms with Crippen LogP contribution in [0.5, 0.6) is 0 Å². The predicted molar refractivity (Wildman–Crippen MR) is 70.6 cm³/mol. The lowest BCUT2D eigenvalue weighted by Gasteiger charge is -2.03. The van der Waals surface area contributed by atoms with E-state index in [4.69, 9.17) is 19.7 Å². The molecule has 1 aromatic heterocycles. The third-order valence-corrected chi connectivity index (χ3v) is 2.98. The zero-order valence-electron chi connectivity index (χ0n) is 10.9. The fourth-order valence-corrected chi connectivity index (χ4v) is 1.79. The Morgan fingerprint density at radius 1 is 1.39 bits per heavy atom. The molecule has 1 aromatic rings. The SMILES string of the molecule is COCCOCCc1noc(C(N)CCSC)n1. The Labute approximate surface area is 112 Å². The van der Waals surface area contributed by atoms with Gasteiger partial charge in [0.05, 0.1) is 25.9 Å². The maximum Gasteiger partial charge on any atom is 0.243 e. The van der Waals surface area contributed by atoms with Crippen LogP contribution in [0.2, 0.25) is 0 Å². The van der Waals surface area contributed by atoms with Crippen molar-refractivity contribution in [2.24, 2.45) is 5.73 Å². The predicted octanol–water partition coefficient (Wildman–Crippen LogP) is 1.03. The van der Waals surface area contributed by atoms with E-state index in [1.165, 1.54) is 0 Å². The summed E-state index contributed by atoms with van der Waals surface area (Å²) in [5.74, 6) is 2.14. The molecule has 18 heavy (non-hydrogen) atoms. The van der Waals surface area contributed by atoms with Crippen molar-refractivity contribution in [3.8, 4) is 0 Å². The quantitative estimate of drug-likeness (QED) is 0.638. The van der Waals surface area contributed by atoms with E-state index < -0.39 is 0 Å². The van der Waals surface area contributed by atoms with Gasteiger partial charge in [-0.25, -0.2) is 0 Å². The lowest BCUT2D eigenvalue weighted by molar-refractivity contribution is 0.0714. The summed E-state index contributed by atoms with van der Waals surface area (Å²) < 4.78 is 15.3. The summed E-state index contributed by atoms with van der Waals surface area (Å²) in [6.07, 6.45) is 3.51. The van der Waals surface area contributed by atoms with Gasteiger partial charge in [-0.15, -0.1) is 0 Å². The molecule has 0 aliphatic carbocycles. The molecule has 0 fully saturated rings. The Morgan fingerprint density at radius 2 is 2.22 bits per heavy atom. The summed E-state index contributed by atoms with van der Waals surface area (Å²) in [7, 11) is 1.64. The molecule has 0 saturated carbocycles. The van der Waals surface area contributed by atoms with Gasteiger partial charge in [-0.2, -0.15) is 16.7 Å². The standard InChI is InChI=1S/C11H21N3O3S/c1-15-6-7-16-5-3-10-13-11(17-14-10)9(12)4-8-18-2/h9H,3-8,12H2,1-2H3. The maximum atomic E-state index is 5.93. The molecular weight excluding hydrogens is 254 g/mol. The summed E-state index contributed by atoms with van der Waals surface area (Å²) in [4.78, 5) is 4.26. The van der Waals surface area contributed by atoms with Gasteiger partial charge in [-0.05, 0) is 18.4 Å². The van der Waals surface area contributed by atoms with Crippen LogP contribution in [0.15, 0.2) is 4.52 Å². The third kappa shape index (κ3) is 5.81. The van der Waals surface area contributed by atoms with E-state index in [-0.39, 0.29) is 6.04 Å². The largest absolute Gasteiger partial charge is 0.382 e. The van der Waals surface area contributed by atoms with Gasteiger partial charge < -0.3 is 19.7 Å². The Hall–Kier alpha value is -0.630. The molecule has 0 aromatic carbocycles. The summed E-state index contributed by atoms with van der Waals surface area (Å²) >= 11 is 1.75. The van der Waals surface area contributed by atoms with Gasteiger partial charge in [-0.3, -0.25) is 0 Å². The van der Waals surface area contributed by atoms with Crippen molar-refractivity contribution >= 4 is 11.8 Å². The van der Waals surface area contributed by atoms with Crippen LogP contribution < -0.4 is 5.73 Å². The van der Waals surface area contributed by atoms with Crippen LogP contribution in [-0.2, 0) is 15.9 Å². The molecule has 1 atom stereocenters. The first-order valence-corrected chi connectivity index (χ1v) is 7.31. The first kappa shape index (κ1) is 15.4. The van der Waals surface area contributed by atoms with Gasteiger partial charge in [0.15, 0.2) is 5.82 Å². The molecule has 0 aliphatic heterocycles. The van der Waals surface area contributed by atoms with Crippen molar-refractivity contribution < 1.29 is 14.0 Å². The number of nitrogens with two attached hydrogens (primary N) is 1. The van der Waals surface area contributed by atoms with Crippen molar-refractivity contribution in [3.05, 3.63) is 11.7 Å². The Morgan fingerprint density at radius 3 is 2.94 bits per heavy atom. The molecule has 6 nitrogen and oxygen atoms in total. The van der Waals surface area contributed by atoms with Crippen LogP contribution in [0.25, 0.3) is 0 Å². The van der Waals surface area contributed by atoms with Crippen molar-refractivity contribution in [1.29, 1.82) is 0 Å². The highest BCUT2D eigenvalue weighted by molar-refractivity contribution is 7.98. The molecule has 0 aliphatic rings. The number of hydrogen-bond donors (Lipinski definition) is 1. The van der Waals surface area contributed by atoms with Crippen molar-refractivity contribution in [3.63, 3.8) is 0 Å². The van der Waals surface area contributed by atoms with E-state index in [0.717, 1.165) is 12.2 Å². The van der Waals surface area contributed by atoms with Crippen LogP contribution in [0, 0.1) is 0 Å². The number of methoxy groups -OCH3 is 1. The number of aromatic nitrogens is 2. The lowest BCUT2D eigenvalue weighted by atomic mass is 10.2. The molecule has 0 spiro atoms. The summed E-state index contributed by atoms with van der Waals surface area (Å²) in [5, 5.41) is 3.88. The molecule has 7 heteroatoms. The van der Waals surface area contributed by atoms with Gasteiger partial charge in [-0.1, -0.05) is 5.16 Å². The van der Waals surface area contributed by atoms with E-state index in [9.17, 15) is 0 Å². The molecular formula is C11H21N3O3S. The second kappa shape index (κ2) is 9.32.